The van der Waals surface area contributed by atoms with Gasteiger partial charge in [0.1, 0.15) is 16.3 Å². The van der Waals surface area contributed by atoms with Gasteiger partial charge in [0.25, 0.3) is 0 Å². The number of halogens is 2. The van der Waals surface area contributed by atoms with Crippen molar-refractivity contribution in [3.8, 4) is 5.75 Å². The molecule has 1 fully saturated rings. The Morgan fingerprint density at radius 3 is 2.66 bits per heavy atom. The van der Waals surface area contributed by atoms with Gasteiger partial charge in [-0.25, -0.2) is 17.6 Å². The summed E-state index contributed by atoms with van der Waals surface area (Å²) in [7, 11) is -4.34. The molecule has 0 unspecified atom stereocenters. The summed E-state index contributed by atoms with van der Waals surface area (Å²) in [6.07, 6.45) is 3.56. The average Bonchev–Trinajstić information content (AvgIpc) is 3.09. The van der Waals surface area contributed by atoms with Crippen LogP contribution in [0.4, 0.5) is 14.9 Å². The number of benzene rings is 1. The van der Waals surface area contributed by atoms with Crippen LogP contribution in [0.1, 0.15) is 32.6 Å². The largest absolute Gasteiger partial charge is 0.504 e. The highest BCUT2D eigenvalue weighted by Gasteiger charge is 2.48. The van der Waals surface area contributed by atoms with E-state index in [0.29, 0.717) is 0 Å². The lowest BCUT2D eigenvalue weighted by Gasteiger charge is -2.34. The van der Waals surface area contributed by atoms with Gasteiger partial charge in [-0.15, -0.1) is 0 Å². The Morgan fingerprint density at radius 2 is 2.07 bits per heavy atom. The van der Waals surface area contributed by atoms with Gasteiger partial charge < -0.3 is 20.5 Å². The lowest BCUT2D eigenvalue weighted by molar-refractivity contribution is 0.0674. The third-order valence-corrected chi connectivity index (χ3v) is 8.63. The fourth-order valence-corrected chi connectivity index (χ4v) is 6.11. The van der Waals surface area contributed by atoms with Crippen LogP contribution < -0.4 is 10.6 Å². The normalized spacial score (nSPS) is 21.5. The molecule has 160 valence electrons. The highest BCUT2D eigenvalue weighted by atomic mass is 35.5. The SMILES string of the molecule is CC1=CCC[C@H]1NC(=O)Nc1ccc(Cl)c(S(=O)(=O)C2(CF)CCOCC2)c1O. The molecule has 0 saturated carbocycles. The summed E-state index contributed by atoms with van der Waals surface area (Å²) in [6.45, 7) is 0.971. The van der Waals surface area contributed by atoms with Gasteiger partial charge in [0.15, 0.2) is 15.6 Å². The Bertz CT molecular complexity index is 929. The van der Waals surface area contributed by atoms with E-state index < -0.39 is 37.9 Å². The number of allylic oxidation sites excluding steroid dienone is 1. The van der Waals surface area contributed by atoms with Crippen molar-refractivity contribution < 1.29 is 27.4 Å². The molecule has 1 aliphatic carbocycles. The number of carbonyl (C=O) groups excluding carboxylic acids is 1. The number of phenols is 1. The standard InChI is InChI=1S/C19H24ClFN2O5S/c1-12-3-2-4-14(12)22-18(25)23-15-6-5-13(20)17(16(15)24)29(26,27)19(11-21)7-9-28-10-8-19/h3,5-6,14,24H,2,4,7-11H2,1H3,(H2,22,23,25)/t14-/m1/s1. The van der Waals surface area contributed by atoms with E-state index in [9.17, 15) is 22.7 Å². The zero-order valence-corrected chi connectivity index (χ0v) is 17.6. The minimum atomic E-state index is -4.34. The molecule has 0 radical (unpaired) electrons. The van der Waals surface area contributed by atoms with Crippen molar-refractivity contribution in [3.63, 3.8) is 0 Å². The van der Waals surface area contributed by atoms with Gasteiger partial charge in [-0.1, -0.05) is 23.3 Å². The van der Waals surface area contributed by atoms with Gasteiger partial charge in [-0.2, -0.15) is 0 Å². The van der Waals surface area contributed by atoms with Crippen molar-refractivity contribution in [2.24, 2.45) is 0 Å². The Kier molecular flexibility index (Phi) is 6.40. The first-order chi connectivity index (χ1) is 13.7. The third kappa shape index (κ3) is 4.08. The van der Waals surface area contributed by atoms with Crippen LogP contribution in [0.2, 0.25) is 5.02 Å². The number of aromatic hydroxyl groups is 1. The number of carbonyl (C=O) groups is 1. The molecular formula is C19H24ClFN2O5S. The zero-order chi connectivity index (χ0) is 21.2. The summed E-state index contributed by atoms with van der Waals surface area (Å²) < 4.78 is 43.9. The Balaban J connectivity index is 1.90. The minimum Gasteiger partial charge on any atom is -0.504 e. The first kappa shape index (κ1) is 21.9. The van der Waals surface area contributed by atoms with Crippen molar-refractivity contribution >= 4 is 33.2 Å². The number of hydrogen-bond acceptors (Lipinski definition) is 5. The number of anilines is 1. The molecule has 3 N–H and O–H groups in total. The third-order valence-electron chi connectivity index (χ3n) is 5.59. The zero-order valence-electron chi connectivity index (χ0n) is 16.0. The minimum absolute atomic E-state index is 0.0486. The lowest BCUT2D eigenvalue weighted by atomic mass is 10.0. The molecule has 1 aromatic rings. The lowest BCUT2D eigenvalue weighted by Crippen LogP contribution is -2.46. The smallest absolute Gasteiger partial charge is 0.319 e. The van der Waals surface area contributed by atoms with Gasteiger partial charge in [-0.05, 0) is 44.7 Å². The number of amides is 2. The first-order valence-electron chi connectivity index (χ1n) is 9.36. The summed E-state index contributed by atoms with van der Waals surface area (Å²) in [6, 6.07) is 1.86. The molecule has 0 aromatic heterocycles. The quantitative estimate of drug-likeness (QED) is 0.473. The second kappa shape index (κ2) is 8.49. The Labute approximate surface area is 174 Å². The van der Waals surface area contributed by atoms with Crippen LogP contribution in [0.3, 0.4) is 0 Å². The fraction of sp³-hybridized carbons (Fsp3) is 0.526. The van der Waals surface area contributed by atoms with E-state index in [1.54, 1.807) is 0 Å². The molecule has 29 heavy (non-hydrogen) atoms. The topological polar surface area (TPSA) is 105 Å². The highest BCUT2D eigenvalue weighted by Crippen LogP contribution is 2.44. The number of ether oxygens (including phenoxy) is 1. The number of hydrogen-bond donors (Lipinski definition) is 3. The van der Waals surface area contributed by atoms with Crippen LogP contribution in [0.5, 0.6) is 5.75 Å². The highest BCUT2D eigenvalue weighted by molar-refractivity contribution is 7.93. The molecule has 2 aliphatic rings. The van der Waals surface area contributed by atoms with E-state index in [4.69, 9.17) is 16.3 Å². The van der Waals surface area contributed by atoms with E-state index in [1.165, 1.54) is 12.1 Å². The number of sulfone groups is 1. The van der Waals surface area contributed by atoms with E-state index in [-0.39, 0.29) is 42.8 Å². The van der Waals surface area contributed by atoms with Crippen LogP contribution in [-0.4, -0.2) is 50.2 Å². The molecular weight excluding hydrogens is 423 g/mol. The fourth-order valence-electron chi connectivity index (χ4n) is 3.69. The van der Waals surface area contributed by atoms with Crippen LogP contribution in [0.25, 0.3) is 0 Å². The average molecular weight is 447 g/mol. The molecule has 7 nitrogen and oxygen atoms in total. The second-order valence-corrected chi connectivity index (χ2v) is 10.1. The van der Waals surface area contributed by atoms with Crippen molar-refractivity contribution in [1.82, 2.24) is 5.32 Å². The van der Waals surface area contributed by atoms with Crippen LogP contribution >= 0.6 is 11.6 Å². The van der Waals surface area contributed by atoms with Crippen molar-refractivity contribution in [2.45, 2.75) is 48.3 Å². The molecule has 1 saturated heterocycles. The summed E-state index contributed by atoms with van der Waals surface area (Å²) >= 11 is 6.09. The summed E-state index contributed by atoms with van der Waals surface area (Å²) in [5.74, 6) is -0.703. The monoisotopic (exact) mass is 446 g/mol. The number of rotatable bonds is 5. The van der Waals surface area contributed by atoms with E-state index in [1.807, 2.05) is 13.0 Å². The molecule has 3 rings (SSSR count). The molecule has 0 spiro atoms. The van der Waals surface area contributed by atoms with E-state index in [2.05, 4.69) is 10.6 Å². The maximum atomic E-state index is 13.9. The first-order valence-corrected chi connectivity index (χ1v) is 11.2. The molecule has 1 aliphatic heterocycles. The van der Waals surface area contributed by atoms with Crippen molar-refractivity contribution in [2.75, 3.05) is 25.2 Å². The Morgan fingerprint density at radius 1 is 1.38 bits per heavy atom. The molecule has 2 amide bonds. The molecule has 0 bridgehead atoms. The summed E-state index contributed by atoms with van der Waals surface area (Å²) in [4.78, 5) is 11.7. The number of nitrogens with one attached hydrogen (secondary N) is 2. The van der Waals surface area contributed by atoms with Crippen LogP contribution in [0, 0.1) is 0 Å². The van der Waals surface area contributed by atoms with Gasteiger partial charge in [0, 0.05) is 13.2 Å². The molecule has 10 heteroatoms. The molecule has 1 atom stereocenters. The van der Waals surface area contributed by atoms with Gasteiger partial charge in [-0.3, -0.25) is 0 Å². The van der Waals surface area contributed by atoms with E-state index >= 15 is 0 Å². The van der Waals surface area contributed by atoms with Crippen LogP contribution in [-0.2, 0) is 14.6 Å². The van der Waals surface area contributed by atoms with Crippen LogP contribution in [0.15, 0.2) is 28.7 Å². The van der Waals surface area contributed by atoms with E-state index in [0.717, 1.165) is 18.4 Å². The second-order valence-electron chi connectivity index (χ2n) is 7.38. The molecule has 1 aromatic carbocycles. The maximum absolute atomic E-state index is 13.9. The number of urea groups is 1. The predicted octanol–water partition coefficient (Wildman–Crippen LogP) is 3.57. The maximum Gasteiger partial charge on any atom is 0.319 e. The summed E-state index contributed by atoms with van der Waals surface area (Å²) in [5, 5.41) is 15.6. The molecule has 1 heterocycles. The van der Waals surface area contributed by atoms with Crippen molar-refractivity contribution in [1.29, 1.82) is 0 Å². The Hall–Kier alpha value is -1.84. The predicted molar refractivity (Wildman–Crippen MR) is 108 cm³/mol. The number of alkyl halides is 1. The number of phenolic OH excluding ortho intramolecular Hbond substituents is 1. The van der Waals surface area contributed by atoms with Gasteiger partial charge in [0.2, 0.25) is 0 Å². The van der Waals surface area contributed by atoms with Gasteiger partial charge in [0.05, 0.1) is 16.8 Å². The summed E-state index contributed by atoms with van der Waals surface area (Å²) in [5.41, 5.74) is 0.916. The van der Waals surface area contributed by atoms with Gasteiger partial charge >= 0.3 is 6.03 Å². The van der Waals surface area contributed by atoms with Crippen molar-refractivity contribution in [3.05, 3.63) is 28.8 Å².